The van der Waals surface area contributed by atoms with Crippen LogP contribution in [-0.4, -0.2) is 20.9 Å². The Kier molecular flexibility index (Phi) is 5.81. The minimum Gasteiger partial charge on any atom is -0.493 e. The molecule has 0 aliphatic carbocycles. The van der Waals surface area contributed by atoms with Crippen molar-refractivity contribution in [1.82, 2.24) is 0 Å². The van der Waals surface area contributed by atoms with Crippen LogP contribution in [0.15, 0.2) is 41.3 Å². The maximum absolute atomic E-state index is 12.1. The molecule has 1 amide bonds. The Labute approximate surface area is 148 Å². The largest absolute Gasteiger partial charge is 0.493 e. The Morgan fingerprint density at radius 1 is 1.12 bits per heavy atom. The van der Waals surface area contributed by atoms with Crippen LogP contribution in [0.2, 0.25) is 0 Å². The Morgan fingerprint density at radius 2 is 1.76 bits per heavy atom. The van der Waals surface area contributed by atoms with Crippen LogP contribution in [0, 0.1) is 20.8 Å². The van der Waals surface area contributed by atoms with Gasteiger partial charge in [0.1, 0.15) is 5.75 Å². The van der Waals surface area contributed by atoms with Crippen molar-refractivity contribution in [2.75, 3.05) is 11.9 Å². The summed E-state index contributed by atoms with van der Waals surface area (Å²) >= 11 is 0. The summed E-state index contributed by atoms with van der Waals surface area (Å²) in [5.41, 5.74) is 3.09. The molecule has 0 aliphatic heterocycles. The molecule has 7 heteroatoms. The van der Waals surface area contributed by atoms with Crippen molar-refractivity contribution >= 4 is 21.6 Å². The molecule has 25 heavy (non-hydrogen) atoms. The van der Waals surface area contributed by atoms with Gasteiger partial charge in [-0.25, -0.2) is 13.6 Å². The average Bonchev–Trinajstić information content (AvgIpc) is 2.52. The quantitative estimate of drug-likeness (QED) is 0.825. The van der Waals surface area contributed by atoms with Gasteiger partial charge in [-0.15, -0.1) is 0 Å². The number of aryl methyl sites for hydroxylation is 2. The van der Waals surface area contributed by atoms with E-state index in [1.54, 1.807) is 13.8 Å². The molecule has 2 rings (SSSR count). The van der Waals surface area contributed by atoms with Crippen molar-refractivity contribution in [2.24, 2.45) is 5.14 Å². The van der Waals surface area contributed by atoms with Gasteiger partial charge in [0.2, 0.25) is 15.9 Å². The number of primary sulfonamides is 1. The van der Waals surface area contributed by atoms with Crippen LogP contribution in [0.4, 0.5) is 5.69 Å². The molecule has 0 aromatic heterocycles. The maximum atomic E-state index is 12.1. The van der Waals surface area contributed by atoms with E-state index in [0.717, 1.165) is 16.7 Å². The molecule has 0 atom stereocenters. The molecular formula is C18H22N2O4S. The SMILES string of the molecule is Cc1ccc(OCCC(=O)Nc2cc(S(N)(=O)=O)cc(C)c2C)cc1. The summed E-state index contributed by atoms with van der Waals surface area (Å²) in [6, 6.07) is 10.4. The van der Waals surface area contributed by atoms with Gasteiger partial charge in [-0.1, -0.05) is 17.7 Å². The van der Waals surface area contributed by atoms with Crippen LogP contribution in [0.25, 0.3) is 0 Å². The molecule has 134 valence electrons. The number of amides is 1. The fraction of sp³-hybridized carbons (Fsp3) is 0.278. The van der Waals surface area contributed by atoms with E-state index in [4.69, 9.17) is 9.88 Å². The fourth-order valence-corrected chi connectivity index (χ4v) is 2.85. The van der Waals surface area contributed by atoms with Crippen LogP contribution in [-0.2, 0) is 14.8 Å². The van der Waals surface area contributed by atoms with Crippen molar-refractivity contribution in [2.45, 2.75) is 32.1 Å². The number of ether oxygens (including phenoxy) is 1. The molecule has 0 saturated heterocycles. The summed E-state index contributed by atoms with van der Waals surface area (Å²) in [4.78, 5) is 12.1. The summed E-state index contributed by atoms with van der Waals surface area (Å²) in [6.45, 7) is 5.78. The number of carbonyl (C=O) groups is 1. The molecule has 2 aromatic carbocycles. The van der Waals surface area contributed by atoms with Gasteiger partial charge in [0.15, 0.2) is 0 Å². The van der Waals surface area contributed by atoms with Gasteiger partial charge in [-0.3, -0.25) is 4.79 Å². The molecule has 6 nitrogen and oxygen atoms in total. The number of benzene rings is 2. The lowest BCUT2D eigenvalue weighted by atomic mass is 10.1. The minimum absolute atomic E-state index is 0.0261. The lowest BCUT2D eigenvalue weighted by Gasteiger charge is -2.13. The number of hydrogen-bond acceptors (Lipinski definition) is 4. The molecule has 2 aromatic rings. The van der Waals surface area contributed by atoms with Crippen molar-refractivity contribution in [3.63, 3.8) is 0 Å². The molecule has 0 fully saturated rings. The van der Waals surface area contributed by atoms with Gasteiger partial charge >= 0.3 is 0 Å². The van der Waals surface area contributed by atoms with Gasteiger partial charge in [0, 0.05) is 5.69 Å². The zero-order valence-corrected chi connectivity index (χ0v) is 15.3. The van der Waals surface area contributed by atoms with Gasteiger partial charge in [-0.2, -0.15) is 0 Å². The standard InChI is InChI=1S/C18H22N2O4S/c1-12-4-6-15(7-5-12)24-9-8-18(21)20-17-11-16(25(19,22)23)10-13(2)14(17)3/h4-7,10-11H,8-9H2,1-3H3,(H,20,21)(H2,19,22,23). The van der Waals surface area contributed by atoms with Gasteiger partial charge in [0.25, 0.3) is 0 Å². The highest BCUT2D eigenvalue weighted by atomic mass is 32.2. The fourth-order valence-electron chi connectivity index (χ4n) is 2.23. The van der Waals surface area contributed by atoms with Crippen molar-refractivity contribution < 1.29 is 17.9 Å². The van der Waals surface area contributed by atoms with Crippen LogP contribution in [0.3, 0.4) is 0 Å². The smallest absolute Gasteiger partial charge is 0.238 e. The monoisotopic (exact) mass is 362 g/mol. The minimum atomic E-state index is -3.83. The summed E-state index contributed by atoms with van der Waals surface area (Å²) in [7, 11) is -3.83. The third kappa shape index (κ3) is 5.30. The molecule has 3 N–H and O–H groups in total. The number of hydrogen-bond donors (Lipinski definition) is 2. The highest BCUT2D eigenvalue weighted by molar-refractivity contribution is 7.89. The van der Waals surface area contributed by atoms with Crippen LogP contribution in [0.5, 0.6) is 5.75 Å². The number of carbonyl (C=O) groups excluding carboxylic acids is 1. The van der Waals surface area contributed by atoms with Crippen LogP contribution in [0.1, 0.15) is 23.1 Å². The highest BCUT2D eigenvalue weighted by Gasteiger charge is 2.14. The molecule has 0 radical (unpaired) electrons. The van der Waals surface area contributed by atoms with Crippen molar-refractivity contribution in [3.05, 3.63) is 53.1 Å². The molecular weight excluding hydrogens is 340 g/mol. The van der Waals surface area contributed by atoms with E-state index in [1.165, 1.54) is 12.1 Å². The normalized spacial score (nSPS) is 11.2. The third-order valence-electron chi connectivity index (χ3n) is 3.86. The molecule has 0 spiro atoms. The predicted molar refractivity (Wildman–Crippen MR) is 97.2 cm³/mol. The summed E-state index contributed by atoms with van der Waals surface area (Å²) < 4.78 is 28.6. The van der Waals surface area contributed by atoms with Crippen LogP contribution >= 0.6 is 0 Å². The lowest BCUT2D eigenvalue weighted by molar-refractivity contribution is -0.116. The summed E-state index contributed by atoms with van der Waals surface area (Å²) in [6.07, 6.45) is 0.145. The van der Waals surface area contributed by atoms with E-state index in [0.29, 0.717) is 11.4 Å². The van der Waals surface area contributed by atoms with Gasteiger partial charge in [-0.05, 0) is 56.2 Å². The van der Waals surface area contributed by atoms with Crippen LogP contribution < -0.4 is 15.2 Å². The van der Waals surface area contributed by atoms with E-state index >= 15 is 0 Å². The molecule has 0 heterocycles. The predicted octanol–water partition coefficient (Wildman–Crippen LogP) is 2.67. The second-order valence-electron chi connectivity index (χ2n) is 5.92. The molecule has 0 aliphatic rings. The van der Waals surface area contributed by atoms with Crippen molar-refractivity contribution in [1.29, 1.82) is 0 Å². The molecule has 0 saturated carbocycles. The second-order valence-corrected chi connectivity index (χ2v) is 7.48. The van der Waals surface area contributed by atoms with Gasteiger partial charge < -0.3 is 10.1 Å². The Morgan fingerprint density at radius 3 is 2.36 bits per heavy atom. The van der Waals surface area contributed by atoms with E-state index in [1.807, 2.05) is 31.2 Å². The van der Waals surface area contributed by atoms with E-state index in [9.17, 15) is 13.2 Å². The summed E-state index contributed by atoms with van der Waals surface area (Å²) in [5.74, 6) is 0.433. The number of nitrogens with two attached hydrogens (primary N) is 1. The van der Waals surface area contributed by atoms with Crippen molar-refractivity contribution in [3.8, 4) is 5.75 Å². The third-order valence-corrected chi connectivity index (χ3v) is 4.76. The topological polar surface area (TPSA) is 98.5 Å². The first kappa shape index (κ1) is 19.0. The first-order chi connectivity index (χ1) is 11.7. The Hall–Kier alpha value is -2.38. The highest BCUT2D eigenvalue weighted by Crippen LogP contribution is 2.23. The number of rotatable bonds is 6. The van der Waals surface area contributed by atoms with E-state index in [2.05, 4.69) is 5.32 Å². The summed E-state index contributed by atoms with van der Waals surface area (Å²) in [5, 5.41) is 7.89. The molecule has 0 bridgehead atoms. The Bertz CT molecular complexity index is 875. The zero-order chi connectivity index (χ0) is 18.6. The Balaban J connectivity index is 2.00. The van der Waals surface area contributed by atoms with E-state index in [-0.39, 0.29) is 23.8 Å². The first-order valence-corrected chi connectivity index (χ1v) is 9.35. The maximum Gasteiger partial charge on any atom is 0.238 e. The number of anilines is 1. The average molecular weight is 362 g/mol. The molecule has 0 unspecified atom stereocenters. The van der Waals surface area contributed by atoms with Gasteiger partial charge in [0.05, 0.1) is 17.9 Å². The second kappa shape index (κ2) is 7.67. The first-order valence-electron chi connectivity index (χ1n) is 7.80. The van der Waals surface area contributed by atoms with E-state index < -0.39 is 10.0 Å². The number of sulfonamides is 1. The lowest BCUT2D eigenvalue weighted by Crippen LogP contribution is -2.18. The zero-order valence-electron chi connectivity index (χ0n) is 14.5. The number of nitrogens with one attached hydrogen (secondary N) is 1.